The summed E-state index contributed by atoms with van der Waals surface area (Å²) in [6, 6.07) is 105. The minimum Gasteiger partial charge on any atom is -0.310 e. The lowest BCUT2D eigenvalue weighted by atomic mass is 9.67. The third-order valence-corrected chi connectivity index (χ3v) is 14.6. The molecular formula is C69H47N. The molecule has 0 saturated heterocycles. The van der Waals surface area contributed by atoms with Crippen molar-refractivity contribution in [1.29, 1.82) is 0 Å². The lowest BCUT2D eigenvalue weighted by Gasteiger charge is -2.34. The standard InChI is InChI=1S/C69H47N/c1-4-18-48(19-5-1)49-34-36-50(37-35-49)51-38-42-56(43-39-51)70(57-44-40-53(41-45-57)59-30-16-21-52-20-10-11-26-58(52)59)67-47-46-61(60-27-12-13-28-62(60)67)63-31-17-33-66-68(63)64-29-14-15-32-65(64)69(66,54-22-6-2-7-23-54)55-24-8-3-9-25-55/h1-47H. The van der Waals surface area contributed by atoms with Crippen molar-refractivity contribution >= 4 is 38.6 Å². The van der Waals surface area contributed by atoms with Gasteiger partial charge in [-0.3, -0.25) is 0 Å². The molecule has 12 aromatic rings. The van der Waals surface area contributed by atoms with E-state index in [1.54, 1.807) is 0 Å². The number of hydrogen-bond acceptors (Lipinski definition) is 1. The predicted octanol–water partition coefficient (Wildman–Crippen LogP) is 18.5. The van der Waals surface area contributed by atoms with Gasteiger partial charge in [-0.2, -0.15) is 0 Å². The maximum absolute atomic E-state index is 2.43. The van der Waals surface area contributed by atoms with E-state index in [4.69, 9.17) is 0 Å². The zero-order chi connectivity index (χ0) is 46.4. The summed E-state index contributed by atoms with van der Waals surface area (Å²) < 4.78 is 0. The average Bonchev–Trinajstić information content (AvgIpc) is 3.75. The van der Waals surface area contributed by atoms with Gasteiger partial charge in [0.2, 0.25) is 0 Å². The molecule has 1 aliphatic rings. The van der Waals surface area contributed by atoms with E-state index in [9.17, 15) is 0 Å². The molecule has 0 spiro atoms. The SMILES string of the molecule is c1ccc(-c2ccc(-c3ccc(N(c4ccc(-c5cccc6ccccc56)cc4)c4ccc(-c5cccc6c5-c5ccccc5C6(c5ccccc5)c5ccccc5)c5ccccc45)cc3)cc2)cc1. The Hall–Kier alpha value is -9.04. The summed E-state index contributed by atoms with van der Waals surface area (Å²) in [6.45, 7) is 0. The van der Waals surface area contributed by atoms with Crippen LogP contribution >= 0.6 is 0 Å². The summed E-state index contributed by atoms with van der Waals surface area (Å²) in [5, 5.41) is 4.88. The first kappa shape index (κ1) is 41.2. The van der Waals surface area contributed by atoms with Crippen molar-refractivity contribution in [2.24, 2.45) is 0 Å². The van der Waals surface area contributed by atoms with Gasteiger partial charge in [-0.05, 0) is 124 Å². The van der Waals surface area contributed by atoms with E-state index in [-0.39, 0.29) is 0 Å². The van der Waals surface area contributed by atoms with Crippen molar-refractivity contribution in [2.45, 2.75) is 5.41 Å². The molecule has 1 nitrogen and oxygen atoms in total. The Labute approximate surface area is 409 Å². The topological polar surface area (TPSA) is 3.24 Å². The highest BCUT2D eigenvalue weighted by molar-refractivity contribution is 6.09. The van der Waals surface area contributed by atoms with E-state index in [1.807, 2.05) is 0 Å². The van der Waals surface area contributed by atoms with Crippen molar-refractivity contribution < 1.29 is 0 Å². The van der Waals surface area contributed by atoms with Crippen LogP contribution in [0, 0.1) is 0 Å². The van der Waals surface area contributed by atoms with Gasteiger partial charge in [0.05, 0.1) is 11.1 Å². The highest BCUT2D eigenvalue weighted by Crippen LogP contribution is 2.59. The number of benzene rings is 12. The van der Waals surface area contributed by atoms with Crippen LogP contribution in [0.15, 0.2) is 285 Å². The van der Waals surface area contributed by atoms with Gasteiger partial charge in [0.15, 0.2) is 0 Å². The fourth-order valence-corrected chi connectivity index (χ4v) is 11.4. The van der Waals surface area contributed by atoms with Crippen LogP contribution in [0.2, 0.25) is 0 Å². The second kappa shape index (κ2) is 17.2. The van der Waals surface area contributed by atoms with Gasteiger partial charge in [0, 0.05) is 16.8 Å². The van der Waals surface area contributed by atoms with Crippen LogP contribution in [0.5, 0.6) is 0 Å². The minimum atomic E-state index is -0.481. The molecule has 0 bridgehead atoms. The molecule has 0 unspecified atom stereocenters. The molecular weight excluding hydrogens is 843 g/mol. The summed E-state index contributed by atoms with van der Waals surface area (Å²) in [5.41, 5.74) is 20.2. The van der Waals surface area contributed by atoms with Gasteiger partial charge in [-0.1, -0.05) is 255 Å². The molecule has 0 amide bonds. The Morgan fingerprint density at radius 1 is 0.243 bits per heavy atom. The molecule has 0 aromatic heterocycles. The van der Waals surface area contributed by atoms with Crippen LogP contribution in [-0.4, -0.2) is 0 Å². The summed E-state index contributed by atoms with van der Waals surface area (Å²) in [5.74, 6) is 0. The smallest absolute Gasteiger partial charge is 0.0713 e. The molecule has 1 aliphatic carbocycles. The lowest BCUT2D eigenvalue weighted by molar-refractivity contribution is 0.768. The summed E-state index contributed by atoms with van der Waals surface area (Å²) in [4.78, 5) is 2.43. The normalized spacial score (nSPS) is 12.4. The van der Waals surface area contributed by atoms with Crippen LogP contribution in [0.4, 0.5) is 17.1 Å². The summed E-state index contributed by atoms with van der Waals surface area (Å²) >= 11 is 0. The molecule has 0 radical (unpaired) electrons. The maximum atomic E-state index is 2.43. The van der Waals surface area contributed by atoms with Crippen LogP contribution < -0.4 is 4.90 Å². The van der Waals surface area contributed by atoms with E-state index >= 15 is 0 Å². The summed E-state index contributed by atoms with van der Waals surface area (Å²) in [6.07, 6.45) is 0. The van der Waals surface area contributed by atoms with Crippen LogP contribution in [0.25, 0.3) is 77.2 Å². The second-order valence-electron chi connectivity index (χ2n) is 18.3. The first-order chi connectivity index (χ1) is 34.7. The van der Waals surface area contributed by atoms with E-state index in [2.05, 4.69) is 290 Å². The van der Waals surface area contributed by atoms with Crippen LogP contribution in [0.3, 0.4) is 0 Å². The quantitative estimate of drug-likeness (QED) is 0.140. The highest BCUT2D eigenvalue weighted by atomic mass is 15.1. The number of hydrogen-bond donors (Lipinski definition) is 0. The number of nitrogens with zero attached hydrogens (tertiary/aromatic N) is 1. The second-order valence-corrected chi connectivity index (χ2v) is 18.3. The average molecular weight is 890 g/mol. The third kappa shape index (κ3) is 6.78. The van der Waals surface area contributed by atoms with Crippen LogP contribution in [0.1, 0.15) is 22.3 Å². The number of rotatable bonds is 9. The minimum absolute atomic E-state index is 0.481. The predicted molar refractivity (Wildman–Crippen MR) is 295 cm³/mol. The largest absolute Gasteiger partial charge is 0.310 e. The Morgan fingerprint density at radius 3 is 1.34 bits per heavy atom. The van der Waals surface area contributed by atoms with Gasteiger partial charge in [-0.15, -0.1) is 0 Å². The molecule has 1 heteroatoms. The molecule has 70 heavy (non-hydrogen) atoms. The molecule has 0 heterocycles. The first-order valence-corrected chi connectivity index (χ1v) is 24.2. The zero-order valence-electron chi connectivity index (χ0n) is 38.6. The molecule has 13 rings (SSSR count). The Morgan fingerprint density at radius 2 is 0.686 bits per heavy atom. The van der Waals surface area contributed by atoms with Crippen molar-refractivity contribution in [1.82, 2.24) is 0 Å². The van der Waals surface area contributed by atoms with E-state index in [0.29, 0.717) is 0 Å². The van der Waals surface area contributed by atoms with E-state index in [1.165, 1.54) is 99.4 Å². The number of anilines is 3. The maximum Gasteiger partial charge on any atom is 0.0713 e. The third-order valence-electron chi connectivity index (χ3n) is 14.6. The Balaban J connectivity index is 0.969. The molecule has 328 valence electrons. The molecule has 12 aromatic carbocycles. The van der Waals surface area contributed by atoms with E-state index in [0.717, 1.165) is 17.1 Å². The van der Waals surface area contributed by atoms with Gasteiger partial charge in [0.25, 0.3) is 0 Å². The fourth-order valence-electron chi connectivity index (χ4n) is 11.4. The summed E-state index contributed by atoms with van der Waals surface area (Å²) in [7, 11) is 0. The fraction of sp³-hybridized carbons (Fsp3) is 0.0145. The molecule has 0 fully saturated rings. The molecule has 0 aliphatic heterocycles. The van der Waals surface area contributed by atoms with Crippen molar-refractivity contribution in [3.05, 3.63) is 307 Å². The van der Waals surface area contributed by atoms with Crippen LogP contribution in [-0.2, 0) is 5.41 Å². The van der Waals surface area contributed by atoms with Crippen molar-refractivity contribution in [3.8, 4) is 55.6 Å². The number of fused-ring (bicyclic) bond motifs is 5. The highest BCUT2D eigenvalue weighted by Gasteiger charge is 2.46. The van der Waals surface area contributed by atoms with E-state index < -0.39 is 5.41 Å². The Bertz CT molecular complexity index is 3790. The van der Waals surface area contributed by atoms with Gasteiger partial charge < -0.3 is 4.90 Å². The van der Waals surface area contributed by atoms with Crippen molar-refractivity contribution in [3.63, 3.8) is 0 Å². The molecule has 0 atom stereocenters. The molecule has 0 saturated carbocycles. The first-order valence-electron chi connectivity index (χ1n) is 24.2. The monoisotopic (exact) mass is 889 g/mol. The Kier molecular flexibility index (Phi) is 10.1. The molecule has 0 N–H and O–H groups in total. The van der Waals surface area contributed by atoms with Gasteiger partial charge in [0.1, 0.15) is 0 Å². The van der Waals surface area contributed by atoms with Gasteiger partial charge in [-0.25, -0.2) is 0 Å². The van der Waals surface area contributed by atoms with Gasteiger partial charge >= 0.3 is 0 Å². The zero-order valence-corrected chi connectivity index (χ0v) is 38.6. The lowest BCUT2D eigenvalue weighted by Crippen LogP contribution is -2.28. The van der Waals surface area contributed by atoms with Crippen molar-refractivity contribution in [2.75, 3.05) is 4.90 Å².